The molecule has 0 unspecified atom stereocenters. The van der Waals surface area contributed by atoms with E-state index < -0.39 is 65.7 Å². The Hall–Kier alpha value is -3.68. The van der Waals surface area contributed by atoms with E-state index in [2.05, 4.69) is 5.32 Å². The Morgan fingerprint density at radius 1 is 1.31 bits per heavy atom. The van der Waals surface area contributed by atoms with Crippen LogP contribution in [0.5, 0.6) is 5.75 Å². The highest BCUT2D eigenvalue weighted by atomic mass is 19.4. The van der Waals surface area contributed by atoms with Gasteiger partial charge in [-0.05, 0) is 19.1 Å². The molecular weight excluding hydrogens is 483 g/mol. The molecule has 3 N–H and O–H groups in total. The van der Waals surface area contributed by atoms with Gasteiger partial charge in [0.2, 0.25) is 11.7 Å². The molecule has 1 saturated heterocycles. The summed E-state index contributed by atoms with van der Waals surface area (Å²) in [6, 6.07) is 2.15. The van der Waals surface area contributed by atoms with Gasteiger partial charge in [-0.3, -0.25) is 9.59 Å². The van der Waals surface area contributed by atoms with Gasteiger partial charge in [-0.2, -0.15) is 22.3 Å². The van der Waals surface area contributed by atoms with Crippen molar-refractivity contribution in [3.05, 3.63) is 53.0 Å². The number of alkyl halides is 3. The second kappa shape index (κ2) is 9.52. The normalized spacial score (nSPS) is 20.1. The molecule has 0 aliphatic carbocycles. The third-order valence-corrected chi connectivity index (χ3v) is 5.60. The quantitative estimate of drug-likeness (QED) is 0.339. The predicted octanol–water partition coefficient (Wildman–Crippen LogP) is 2.26. The van der Waals surface area contributed by atoms with E-state index in [0.717, 1.165) is 36.4 Å². The first-order valence-corrected chi connectivity index (χ1v) is 10.2. The maximum Gasteiger partial charge on any atom is 0.419 e. The summed E-state index contributed by atoms with van der Waals surface area (Å²) in [4.78, 5) is 25.4. The van der Waals surface area contributed by atoms with Gasteiger partial charge in [0, 0.05) is 25.7 Å². The fourth-order valence-electron chi connectivity index (χ4n) is 3.83. The van der Waals surface area contributed by atoms with Gasteiger partial charge in [0.1, 0.15) is 6.04 Å². The molecule has 0 saturated carbocycles. The van der Waals surface area contributed by atoms with Crippen LogP contribution in [-0.4, -0.2) is 49.9 Å². The Morgan fingerprint density at radius 3 is 2.57 bits per heavy atom. The molecule has 0 radical (unpaired) electrons. The summed E-state index contributed by atoms with van der Waals surface area (Å²) in [6.07, 6.45) is -4.96. The lowest BCUT2D eigenvalue weighted by Crippen LogP contribution is -2.49. The van der Waals surface area contributed by atoms with Crippen molar-refractivity contribution >= 4 is 23.2 Å². The van der Waals surface area contributed by atoms with E-state index >= 15 is 0 Å². The lowest BCUT2D eigenvalue weighted by atomic mass is 9.99. The molecule has 2 atom stereocenters. The van der Waals surface area contributed by atoms with Crippen molar-refractivity contribution in [1.82, 2.24) is 0 Å². The fraction of sp³-hybridized carbons (Fsp3) is 0.381. The number of primary amides is 1. The lowest BCUT2D eigenvalue weighted by molar-refractivity contribution is -0.607. The summed E-state index contributed by atoms with van der Waals surface area (Å²) < 4.78 is 80.5. The SMILES string of the molecule is CCOc1c(N2C[C@](OC)(C(F)(F)F)C[C@H]2C(=O)Nc2cc[n+]([O-])c(C(N)=O)c2)ccc(F)c1F. The van der Waals surface area contributed by atoms with Crippen LogP contribution in [0.3, 0.4) is 0 Å². The molecule has 2 heterocycles. The molecule has 1 aromatic heterocycles. The highest BCUT2D eigenvalue weighted by Gasteiger charge is 2.63. The summed E-state index contributed by atoms with van der Waals surface area (Å²) in [7, 11) is 0.823. The number of pyridine rings is 1. The highest BCUT2D eigenvalue weighted by molar-refractivity contribution is 5.99. The number of nitrogens with two attached hydrogens (primary N) is 1. The molecule has 1 fully saturated rings. The number of hydrogen-bond acceptors (Lipinski definition) is 6. The molecule has 35 heavy (non-hydrogen) atoms. The first-order valence-electron chi connectivity index (χ1n) is 10.2. The van der Waals surface area contributed by atoms with E-state index in [-0.39, 0.29) is 22.7 Å². The topological polar surface area (TPSA) is 121 Å². The van der Waals surface area contributed by atoms with Crippen LogP contribution in [0, 0.1) is 16.8 Å². The minimum atomic E-state index is -4.93. The van der Waals surface area contributed by atoms with E-state index in [4.69, 9.17) is 15.2 Å². The third-order valence-electron chi connectivity index (χ3n) is 5.60. The minimum Gasteiger partial charge on any atom is -0.618 e. The summed E-state index contributed by atoms with van der Waals surface area (Å²) >= 11 is 0. The van der Waals surface area contributed by atoms with Gasteiger partial charge in [-0.15, -0.1) is 0 Å². The zero-order valence-electron chi connectivity index (χ0n) is 18.5. The Bertz CT molecular complexity index is 1150. The molecule has 3 rings (SSSR count). The summed E-state index contributed by atoms with van der Waals surface area (Å²) in [5, 5.41) is 14.0. The number of rotatable bonds is 7. The molecule has 2 aromatic rings. The fourth-order valence-corrected chi connectivity index (χ4v) is 3.83. The number of carbonyl (C=O) groups excluding carboxylic acids is 2. The van der Waals surface area contributed by atoms with Crippen molar-refractivity contribution < 1.29 is 45.7 Å². The average Bonchev–Trinajstić information content (AvgIpc) is 3.20. The van der Waals surface area contributed by atoms with Crippen LogP contribution < -0.4 is 25.4 Å². The van der Waals surface area contributed by atoms with Gasteiger partial charge in [-0.25, -0.2) is 4.39 Å². The van der Waals surface area contributed by atoms with Crippen molar-refractivity contribution in [2.45, 2.75) is 31.2 Å². The molecule has 2 amide bonds. The number of anilines is 2. The lowest BCUT2D eigenvalue weighted by Gasteiger charge is -2.31. The molecule has 1 aromatic carbocycles. The second-order valence-corrected chi connectivity index (χ2v) is 7.67. The van der Waals surface area contributed by atoms with Crippen molar-refractivity contribution in [3.63, 3.8) is 0 Å². The van der Waals surface area contributed by atoms with Gasteiger partial charge in [-0.1, -0.05) is 0 Å². The monoisotopic (exact) mass is 504 g/mol. The van der Waals surface area contributed by atoms with Gasteiger partial charge < -0.3 is 30.6 Å². The largest absolute Gasteiger partial charge is 0.618 e. The van der Waals surface area contributed by atoms with Gasteiger partial charge in [0.25, 0.3) is 5.69 Å². The van der Waals surface area contributed by atoms with E-state index in [1.165, 1.54) is 6.92 Å². The summed E-state index contributed by atoms with van der Waals surface area (Å²) in [6.45, 7) is 0.394. The minimum absolute atomic E-state index is 0.104. The van der Waals surface area contributed by atoms with Crippen LogP contribution in [0.2, 0.25) is 0 Å². The van der Waals surface area contributed by atoms with E-state index in [1.807, 2.05) is 0 Å². The number of nitrogens with one attached hydrogen (secondary N) is 1. The number of nitrogens with zero attached hydrogens (tertiary/aromatic N) is 2. The number of benzene rings is 1. The second-order valence-electron chi connectivity index (χ2n) is 7.67. The van der Waals surface area contributed by atoms with Crippen LogP contribution in [-0.2, 0) is 9.53 Å². The molecular formula is C21H21F5N4O5. The molecule has 14 heteroatoms. The number of methoxy groups -OCH3 is 1. The van der Waals surface area contributed by atoms with Crippen molar-refractivity contribution in [3.8, 4) is 5.75 Å². The molecule has 0 spiro atoms. The van der Waals surface area contributed by atoms with Gasteiger partial charge in [0.05, 0.1) is 24.5 Å². The Balaban J connectivity index is 2.07. The zero-order chi connectivity index (χ0) is 26.1. The maximum atomic E-state index is 14.5. The number of halogens is 5. The number of ether oxygens (including phenoxy) is 2. The van der Waals surface area contributed by atoms with Crippen molar-refractivity contribution in [1.29, 1.82) is 0 Å². The number of amides is 2. The van der Waals surface area contributed by atoms with Crippen LogP contribution in [0.4, 0.5) is 33.3 Å². The third kappa shape index (κ3) is 4.78. The number of carbonyl (C=O) groups is 2. The Kier molecular flexibility index (Phi) is 7.06. The number of aromatic nitrogens is 1. The highest BCUT2D eigenvalue weighted by Crippen LogP contribution is 2.47. The first-order chi connectivity index (χ1) is 16.3. The molecule has 0 bridgehead atoms. The van der Waals surface area contributed by atoms with Crippen LogP contribution in [0.1, 0.15) is 23.8 Å². The van der Waals surface area contributed by atoms with Crippen LogP contribution in [0.15, 0.2) is 30.5 Å². The molecule has 1 aliphatic heterocycles. The number of hydrogen-bond donors (Lipinski definition) is 2. The molecule has 190 valence electrons. The van der Waals surface area contributed by atoms with Crippen molar-refractivity contribution in [2.24, 2.45) is 5.73 Å². The first kappa shape index (κ1) is 25.9. The van der Waals surface area contributed by atoms with Crippen LogP contribution >= 0.6 is 0 Å². The smallest absolute Gasteiger partial charge is 0.419 e. The maximum absolute atomic E-state index is 14.5. The van der Waals surface area contributed by atoms with Crippen molar-refractivity contribution in [2.75, 3.05) is 30.5 Å². The molecule has 9 nitrogen and oxygen atoms in total. The predicted molar refractivity (Wildman–Crippen MR) is 112 cm³/mol. The zero-order valence-corrected chi connectivity index (χ0v) is 18.5. The van der Waals surface area contributed by atoms with E-state index in [9.17, 15) is 36.7 Å². The average molecular weight is 504 g/mol. The summed E-state index contributed by atoms with van der Waals surface area (Å²) in [5.41, 5.74) is 1.36. The summed E-state index contributed by atoms with van der Waals surface area (Å²) in [5.74, 6) is -5.49. The van der Waals surface area contributed by atoms with E-state index in [0.29, 0.717) is 6.07 Å². The Morgan fingerprint density at radius 2 is 2.00 bits per heavy atom. The van der Waals surface area contributed by atoms with Crippen LogP contribution in [0.25, 0.3) is 0 Å². The van der Waals surface area contributed by atoms with Gasteiger partial charge in [0.15, 0.2) is 23.4 Å². The van der Waals surface area contributed by atoms with E-state index in [1.54, 1.807) is 0 Å². The van der Waals surface area contributed by atoms with Gasteiger partial charge >= 0.3 is 12.1 Å². The Labute approximate surface area is 195 Å². The molecule has 1 aliphatic rings. The standard InChI is InChI=1S/C21H21F5N4O5/c1-3-35-17-13(5-4-12(22)16(17)23)29-10-20(34-2,21(24,25)26)9-15(29)19(32)28-11-6-7-30(33)14(8-11)18(27)31/h4-8,15H,3,9-10H2,1-2H3,(H2,27,31)(H,28,32)/t15-,20-/m0/s1.